The number of rotatable bonds is 4. The van der Waals surface area contributed by atoms with Crippen molar-refractivity contribution in [1.82, 2.24) is 25.2 Å². The van der Waals surface area contributed by atoms with Gasteiger partial charge in [0, 0.05) is 19.3 Å². The molecule has 2 heterocycles. The fourth-order valence-corrected chi connectivity index (χ4v) is 1.80. The average molecular weight is 209 g/mol. The van der Waals surface area contributed by atoms with Gasteiger partial charge in [-0.25, -0.2) is 0 Å². The Hall–Kier alpha value is -1.43. The maximum atomic E-state index is 11.7. The quantitative estimate of drug-likeness (QED) is 0.698. The Morgan fingerprint density at radius 2 is 2.47 bits per heavy atom. The van der Waals surface area contributed by atoms with Gasteiger partial charge in [0.05, 0.1) is 18.8 Å². The molecular weight excluding hydrogens is 194 g/mol. The summed E-state index contributed by atoms with van der Waals surface area (Å²) in [6.07, 6.45) is 4.34. The van der Waals surface area contributed by atoms with E-state index in [2.05, 4.69) is 15.6 Å². The highest BCUT2D eigenvalue weighted by Gasteiger charge is 2.29. The molecule has 1 fully saturated rings. The van der Waals surface area contributed by atoms with Crippen LogP contribution in [-0.4, -0.2) is 52.0 Å². The molecule has 0 aliphatic carbocycles. The number of carbonyl (C=O) groups excluding carboxylic acids is 1. The highest BCUT2D eigenvalue weighted by atomic mass is 16.2. The summed E-state index contributed by atoms with van der Waals surface area (Å²) in [5, 5.41) is 10.6. The molecule has 6 nitrogen and oxygen atoms in total. The van der Waals surface area contributed by atoms with Crippen LogP contribution in [0.3, 0.4) is 0 Å². The van der Waals surface area contributed by atoms with Crippen LogP contribution in [0.5, 0.6) is 0 Å². The summed E-state index contributed by atoms with van der Waals surface area (Å²) in [7, 11) is 1.82. The van der Waals surface area contributed by atoms with Crippen LogP contribution in [0, 0.1) is 0 Å². The first-order chi connectivity index (χ1) is 7.31. The van der Waals surface area contributed by atoms with Gasteiger partial charge in [-0.2, -0.15) is 0 Å². The lowest BCUT2D eigenvalue weighted by atomic mass is 10.3. The zero-order chi connectivity index (χ0) is 10.7. The average Bonchev–Trinajstić information content (AvgIpc) is 2.85. The zero-order valence-electron chi connectivity index (χ0n) is 8.76. The van der Waals surface area contributed by atoms with Crippen molar-refractivity contribution in [3.05, 3.63) is 12.4 Å². The van der Waals surface area contributed by atoms with Gasteiger partial charge in [0.2, 0.25) is 5.91 Å². The van der Waals surface area contributed by atoms with Crippen molar-refractivity contribution in [2.24, 2.45) is 0 Å². The zero-order valence-corrected chi connectivity index (χ0v) is 8.76. The monoisotopic (exact) mass is 209 g/mol. The van der Waals surface area contributed by atoms with Crippen molar-refractivity contribution in [2.45, 2.75) is 19.0 Å². The van der Waals surface area contributed by atoms with Crippen LogP contribution < -0.4 is 5.32 Å². The Balaban J connectivity index is 1.84. The maximum Gasteiger partial charge on any atom is 0.239 e. The number of amides is 1. The number of hydrogen-bond acceptors (Lipinski definition) is 4. The van der Waals surface area contributed by atoms with E-state index in [9.17, 15) is 4.79 Å². The van der Waals surface area contributed by atoms with Crippen molar-refractivity contribution in [2.75, 3.05) is 20.1 Å². The minimum atomic E-state index is 0.000691. The van der Waals surface area contributed by atoms with E-state index in [1.54, 1.807) is 17.1 Å². The van der Waals surface area contributed by atoms with Crippen molar-refractivity contribution in [3.8, 4) is 0 Å². The molecule has 1 aromatic heterocycles. The normalized spacial score (nSPS) is 21.3. The molecule has 0 bridgehead atoms. The van der Waals surface area contributed by atoms with Gasteiger partial charge < -0.3 is 10.2 Å². The lowest BCUT2D eigenvalue weighted by Crippen LogP contribution is -2.37. The topological polar surface area (TPSA) is 63.1 Å². The predicted octanol–water partition coefficient (Wildman–Crippen LogP) is -0.902. The van der Waals surface area contributed by atoms with Crippen molar-refractivity contribution >= 4 is 5.91 Å². The largest absolute Gasteiger partial charge is 0.339 e. The van der Waals surface area contributed by atoms with E-state index >= 15 is 0 Å². The molecule has 82 valence electrons. The van der Waals surface area contributed by atoms with E-state index in [0.29, 0.717) is 13.1 Å². The highest BCUT2D eigenvalue weighted by Crippen LogP contribution is 2.10. The summed E-state index contributed by atoms with van der Waals surface area (Å²) < 4.78 is 1.74. The molecule has 0 saturated carbocycles. The van der Waals surface area contributed by atoms with E-state index in [1.807, 2.05) is 11.9 Å². The molecule has 1 amide bonds. The third kappa shape index (κ3) is 2.15. The van der Waals surface area contributed by atoms with E-state index in [1.165, 1.54) is 0 Å². The van der Waals surface area contributed by atoms with Gasteiger partial charge in [0.15, 0.2) is 0 Å². The summed E-state index contributed by atoms with van der Waals surface area (Å²) in [5.41, 5.74) is 0. The Morgan fingerprint density at radius 1 is 1.60 bits per heavy atom. The number of nitrogens with zero attached hydrogens (tertiary/aromatic N) is 4. The van der Waals surface area contributed by atoms with Gasteiger partial charge >= 0.3 is 0 Å². The Kier molecular flexibility index (Phi) is 2.96. The first-order valence-corrected chi connectivity index (χ1v) is 5.11. The smallest absolute Gasteiger partial charge is 0.239 e. The Morgan fingerprint density at radius 3 is 3.07 bits per heavy atom. The molecule has 15 heavy (non-hydrogen) atoms. The second-order valence-electron chi connectivity index (χ2n) is 3.62. The molecular formula is C9H15N5O. The van der Waals surface area contributed by atoms with Gasteiger partial charge in [0.25, 0.3) is 0 Å². The van der Waals surface area contributed by atoms with Crippen LogP contribution in [0.2, 0.25) is 0 Å². The summed E-state index contributed by atoms with van der Waals surface area (Å²) >= 11 is 0. The fourth-order valence-electron chi connectivity index (χ4n) is 1.80. The minimum absolute atomic E-state index is 0.000691. The van der Waals surface area contributed by atoms with Crippen LogP contribution in [0.4, 0.5) is 0 Å². The third-order valence-corrected chi connectivity index (χ3v) is 2.72. The fraction of sp³-hybridized carbons (Fsp3) is 0.667. The summed E-state index contributed by atoms with van der Waals surface area (Å²) in [6, 6.07) is 0.000691. The lowest BCUT2D eigenvalue weighted by molar-refractivity contribution is -0.129. The van der Waals surface area contributed by atoms with Crippen molar-refractivity contribution in [1.29, 1.82) is 0 Å². The number of likely N-dealkylation sites (N-methyl/N-ethyl adjacent to an activating group) is 1. The number of hydrogen-bond donors (Lipinski definition) is 1. The molecule has 1 aliphatic rings. The first-order valence-electron chi connectivity index (χ1n) is 5.11. The van der Waals surface area contributed by atoms with Crippen LogP contribution >= 0.6 is 0 Å². The van der Waals surface area contributed by atoms with Crippen molar-refractivity contribution in [3.63, 3.8) is 0 Å². The molecule has 1 N–H and O–H groups in total. The number of nitrogens with one attached hydrogen (secondary N) is 1. The van der Waals surface area contributed by atoms with Crippen LogP contribution in [0.15, 0.2) is 12.4 Å². The number of aromatic nitrogens is 3. The molecule has 0 aromatic carbocycles. The number of likely N-dealkylation sites (tertiary alicyclic amines) is 1. The number of carbonyl (C=O) groups is 1. The summed E-state index contributed by atoms with van der Waals surface area (Å²) in [5.74, 6) is 0.192. The minimum Gasteiger partial charge on any atom is -0.339 e. The van der Waals surface area contributed by atoms with Crippen LogP contribution in [-0.2, 0) is 11.3 Å². The second-order valence-corrected chi connectivity index (χ2v) is 3.62. The lowest BCUT2D eigenvalue weighted by Gasteiger charge is -2.15. The van der Waals surface area contributed by atoms with Crippen LogP contribution in [0.25, 0.3) is 0 Å². The Labute approximate surface area is 88.2 Å². The van der Waals surface area contributed by atoms with E-state index in [-0.39, 0.29) is 11.9 Å². The van der Waals surface area contributed by atoms with Crippen molar-refractivity contribution < 1.29 is 4.79 Å². The van der Waals surface area contributed by atoms with Gasteiger partial charge in [-0.1, -0.05) is 5.21 Å². The predicted molar refractivity (Wildman–Crippen MR) is 54.1 cm³/mol. The molecule has 0 spiro atoms. The molecule has 2 rings (SSSR count). The van der Waals surface area contributed by atoms with E-state index in [0.717, 1.165) is 13.0 Å². The van der Waals surface area contributed by atoms with E-state index < -0.39 is 0 Å². The standard InChI is InChI=1S/C9H15N5O/c1-10-8-2-4-13(9(8)15)6-7-14-5-3-11-12-14/h3,5,8,10H,2,4,6-7H2,1H3. The first kappa shape index (κ1) is 10.1. The molecule has 1 saturated heterocycles. The third-order valence-electron chi connectivity index (χ3n) is 2.72. The molecule has 1 aromatic rings. The molecule has 1 aliphatic heterocycles. The van der Waals surface area contributed by atoms with Gasteiger partial charge in [-0.3, -0.25) is 9.48 Å². The highest BCUT2D eigenvalue weighted by molar-refractivity contribution is 5.83. The van der Waals surface area contributed by atoms with Gasteiger partial charge in [-0.05, 0) is 13.5 Å². The molecule has 0 radical (unpaired) electrons. The summed E-state index contributed by atoms with van der Waals surface area (Å²) in [4.78, 5) is 13.6. The van der Waals surface area contributed by atoms with Crippen LogP contribution in [0.1, 0.15) is 6.42 Å². The summed E-state index contributed by atoms with van der Waals surface area (Å²) in [6.45, 7) is 2.25. The maximum absolute atomic E-state index is 11.7. The Bertz CT molecular complexity index is 323. The molecule has 1 atom stereocenters. The van der Waals surface area contributed by atoms with E-state index in [4.69, 9.17) is 0 Å². The second kappa shape index (κ2) is 4.39. The van der Waals surface area contributed by atoms with Gasteiger partial charge in [-0.15, -0.1) is 5.10 Å². The molecule has 6 heteroatoms. The molecule has 1 unspecified atom stereocenters. The van der Waals surface area contributed by atoms with Gasteiger partial charge in [0.1, 0.15) is 0 Å². The SMILES string of the molecule is CNC1CCN(CCn2ccnn2)C1=O.